The molecule has 0 radical (unpaired) electrons. The van der Waals surface area contributed by atoms with Crippen LogP contribution in [0.2, 0.25) is 0 Å². The number of carbonyl (C=O) groups is 3. The Morgan fingerprint density at radius 1 is 1.35 bits per heavy atom. The molecule has 0 spiro atoms. The number of hydrogen-bond acceptors (Lipinski definition) is 4. The van der Waals surface area contributed by atoms with Crippen LogP contribution in [0, 0.1) is 0 Å². The van der Waals surface area contributed by atoms with Gasteiger partial charge in [0.05, 0.1) is 0 Å². The Labute approximate surface area is 115 Å². The van der Waals surface area contributed by atoms with E-state index < -0.39 is 17.9 Å². The number of rotatable bonds is 2. The highest BCUT2D eigenvalue weighted by molar-refractivity contribution is 6.12. The zero-order valence-electron chi connectivity index (χ0n) is 10.8. The second-order valence-corrected chi connectivity index (χ2v) is 4.14. The van der Waals surface area contributed by atoms with Crippen LogP contribution in [0.5, 0.6) is 0 Å². The van der Waals surface area contributed by atoms with Gasteiger partial charge in [-0.3, -0.25) is 14.9 Å². The summed E-state index contributed by atoms with van der Waals surface area (Å²) >= 11 is 0. The third-order valence-corrected chi connectivity index (χ3v) is 2.49. The van der Waals surface area contributed by atoms with Gasteiger partial charge in [0, 0.05) is 6.92 Å². The first-order valence-corrected chi connectivity index (χ1v) is 5.93. The van der Waals surface area contributed by atoms with Gasteiger partial charge in [0.2, 0.25) is 11.9 Å². The summed E-state index contributed by atoms with van der Waals surface area (Å²) in [4.78, 5) is 38.6. The number of aliphatic imine (C=N–C) groups is 1. The molecule has 0 aliphatic carbocycles. The maximum absolute atomic E-state index is 11.9. The van der Waals surface area contributed by atoms with Crippen LogP contribution in [0.25, 0.3) is 0 Å². The molecule has 1 N–H and O–H groups in total. The van der Waals surface area contributed by atoms with Gasteiger partial charge in [0.25, 0.3) is 5.91 Å². The molecule has 0 unspecified atom stereocenters. The van der Waals surface area contributed by atoms with Gasteiger partial charge in [-0.1, -0.05) is 30.3 Å². The van der Waals surface area contributed by atoms with Crippen molar-refractivity contribution in [2.24, 2.45) is 4.99 Å². The topological polar surface area (TPSA) is 88.1 Å². The molecule has 1 aliphatic rings. The molecular weight excluding hydrogens is 262 g/mol. The zero-order chi connectivity index (χ0) is 14.5. The molecule has 1 heterocycles. The molecular formula is C13H13N3O4. The van der Waals surface area contributed by atoms with Gasteiger partial charge in [-0.2, -0.15) is 4.99 Å². The minimum absolute atomic E-state index is 0.0811. The van der Waals surface area contributed by atoms with Crippen molar-refractivity contribution in [1.29, 1.82) is 0 Å². The average Bonchev–Trinajstić information content (AvgIpc) is 2.77. The van der Waals surface area contributed by atoms with E-state index in [0.29, 0.717) is 0 Å². The fourth-order valence-corrected chi connectivity index (χ4v) is 1.63. The number of ether oxygens (including phenoxy) is 1. The predicted molar refractivity (Wildman–Crippen MR) is 69.6 cm³/mol. The number of guanidine groups is 1. The van der Waals surface area contributed by atoms with Crippen molar-refractivity contribution < 1.29 is 19.1 Å². The molecule has 20 heavy (non-hydrogen) atoms. The monoisotopic (exact) mass is 275 g/mol. The third kappa shape index (κ3) is 3.41. The Morgan fingerprint density at radius 2 is 2.05 bits per heavy atom. The van der Waals surface area contributed by atoms with Gasteiger partial charge in [0.1, 0.15) is 13.2 Å². The number of hydrogen-bond donors (Lipinski definition) is 1. The minimum Gasteiger partial charge on any atom is -0.444 e. The molecule has 1 aliphatic heterocycles. The summed E-state index contributed by atoms with van der Waals surface area (Å²) in [5, 5.41) is 2.32. The summed E-state index contributed by atoms with van der Waals surface area (Å²) in [5.74, 6) is -1.02. The van der Waals surface area contributed by atoms with E-state index in [1.54, 1.807) is 0 Å². The first-order chi connectivity index (χ1) is 9.56. The van der Waals surface area contributed by atoms with Crippen LogP contribution in [0.1, 0.15) is 12.5 Å². The number of nitrogens with one attached hydrogen (secondary N) is 1. The lowest BCUT2D eigenvalue weighted by atomic mass is 10.2. The molecule has 1 aromatic carbocycles. The van der Waals surface area contributed by atoms with E-state index in [1.807, 2.05) is 30.3 Å². The molecule has 0 fully saturated rings. The van der Waals surface area contributed by atoms with Crippen molar-refractivity contribution in [2.75, 3.05) is 6.54 Å². The average molecular weight is 275 g/mol. The fourth-order valence-electron chi connectivity index (χ4n) is 1.63. The molecule has 7 heteroatoms. The summed E-state index contributed by atoms with van der Waals surface area (Å²) in [6.07, 6.45) is -0.729. The maximum Gasteiger partial charge on any atom is 0.417 e. The standard InChI is InChI=1S/C13H13N3O4/c1-9(17)14-12-15-11(18)7-16(12)13(19)20-8-10-5-3-2-4-6-10/h2-6H,7-8H2,1H3,(H,14,15,17,18). The fraction of sp³-hybridized carbons (Fsp3) is 0.231. The molecule has 0 saturated heterocycles. The molecule has 0 saturated carbocycles. The molecule has 3 amide bonds. The lowest BCUT2D eigenvalue weighted by Crippen LogP contribution is -2.44. The summed E-state index contributed by atoms with van der Waals surface area (Å²) < 4.78 is 5.07. The first kappa shape index (κ1) is 13.7. The van der Waals surface area contributed by atoms with Gasteiger partial charge < -0.3 is 4.74 Å². The Morgan fingerprint density at radius 3 is 2.70 bits per heavy atom. The van der Waals surface area contributed by atoms with E-state index in [9.17, 15) is 14.4 Å². The largest absolute Gasteiger partial charge is 0.444 e. The molecule has 2 rings (SSSR count). The van der Waals surface area contributed by atoms with Crippen LogP contribution < -0.4 is 5.32 Å². The quantitative estimate of drug-likeness (QED) is 0.858. The maximum atomic E-state index is 11.9. The van der Waals surface area contributed by atoms with Crippen LogP contribution in [-0.2, 0) is 20.9 Å². The van der Waals surface area contributed by atoms with Gasteiger partial charge in [-0.25, -0.2) is 9.69 Å². The SMILES string of the molecule is CC(=O)NC1=NC(=O)CN1C(=O)OCc1ccccc1. The lowest BCUT2D eigenvalue weighted by molar-refractivity contribution is -0.118. The highest BCUT2D eigenvalue weighted by Gasteiger charge is 2.30. The molecule has 0 aromatic heterocycles. The van der Waals surface area contributed by atoms with Crippen molar-refractivity contribution >= 4 is 23.9 Å². The van der Waals surface area contributed by atoms with Crippen LogP contribution in [0.15, 0.2) is 35.3 Å². The van der Waals surface area contributed by atoms with Crippen molar-refractivity contribution in [3.05, 3.63) is 35.9 Å². The number of benzene rings is 1. The molecule has 7 nitrogen and oxygen atoms in total. The second-order valence-electron chi connectivity index (χ2n) is 4.14. The molecule has 0 atom stereocenters. The van der Waals surface area contributed by atoms with E-state index in [-0.39, 0.29) is 19.1 Å². The number of carbonyl (C=O) groups excluding carboxylic acids is 3. The second kappa shape index (κ2) is 5.96. The Hall–Kier alpha value is -2.70. The highest BCUT2D eigenvalue weighted by atomic mass is 16.6. The van der Waals surface area contributed by atoms with E-state index in [2.05, 4.69) is 10.3 Å². The van der Waals surface area contributed by atoms with E-state index >= 15 is 0 Å². The van der Waals surface area contributed by atoms with E-state index in [0.717, 1.165) is 10.5 Å². The van der Waals surface area contributed by atoms with Crippen LogP contribution in [0.3, 0.4) is 0 Å². The molecule has 0 bridgehead atoms. The normalized spacial score (nSPS) is 13.9. The summed E-state index contributed by atoms with van der Waals surface area (Å²) in [7, 11) is 0. The van der Waals surface area contributed by atoms with Crippen LogP contribution >= 0.6 is 0 Å². The van der Waals surface area contributed by atoms with Crippen molar-refractivity contribution in [1.82, 2.24) is 10.2 Å². The van der Waals surface area contributed by atoms with Crippen molar-refractivity contribution in [2.45, 2.75) is 13.5 Å². The van der Waals surface area contributed by atoms with E-state index in [4.69, 9.17) is 4.74 Å². The zero-order valence-corrected chi connectivity index (χ0v) is 10.8. The van der Waals surface area contributed by atoms with Gasteiger partial charge in [-0.05, 0) is 5.56 Å². The Bertz CT molecular complexity index is 568. The highest BCUT2D eigenvalue weighted by Crippen LogP contribution is 2.07. The van der Waals surface area contributed by atoms with Gasteiger partial charge in [0.15, 0.2) is 0 Å². The summed E-state index contributed by atoms with van der Waals surface area (Å²) in [5.41, 5.74) is 0.824. The Balaban J connectivity index is 1.96. The van der Waals surface area contributed by atoms with Gasteiger partial charge >= 0.3 is 6.09 Å². The lowest BCUT2D eigenvalue weighted by Gasteiger charge is -2.16. The summed E-state index contributed by atoms with van der Waals surface area (Å²) in [6, 6.07) is 9.13. The van der Waals surface area contributed by atoms with Crippen LogP contribution in [0.4, 0.5) is 4.79 Å². The van der Waals surface area contributed by atoms with Crippen LogP contribution in [-0.4, -0.2) is 35.3 Å². The van der Waals surface area contributed by atoms with E-state index in [1.165, 1.54) is 6.92 Å². The molecule has 104 valence electrons. The van der Waals surface area contributed by atoms with Gasteiger partial charge in [-0.15, -0.1) is 0 Å². The predicted octanol–water partition coefficient (Wildman–Crippen LogP) is 0.657. The summed E-state index contributed by atoms with van der Waals surface area (Å²) in [6.45, 7) is 1.11. The number of amides is 3. The third-order valence-electron chi connectivity index (χ3n) is 2.49. The molecule has 1 aromatic rings. The number of nitrogens with zero attached hydrogens (tertiary/aromatic N) is 2. The van der Waals surface area contributed by atoms with Crippen molar-refractivity contribution in [3.63, 3.8) is 0 Å². The Kier molecular flexibility index (Phi) is 4.09. The minimum atomic E-state index is -0.729. The smallest absolute Gasteiger partial charge is 0.417 e. The van der Waals surface area contributed by atoms with Crippen molar-refractivity contribution in [3.8, 4) is 0 Å². The first-order valence-electron chi connectivity index (χ1n) is 5.93.